The lowest BCUT2D eigenvalue weighted by molar-refractivity contribution is 0.502. The van der Waals surface area contributed by atoms with E-state index >= 15 is 0 Å². The van der Waals surface area contributed by atoms with E-state index < -0.39 is 0 Å². The molecule has 0 radical (unpaired) electrons. The molecule has 1 unspecified atom stereocenters. The molecule has 0 saturated carbocycles. The monoisotopic (exact) mass is 251 g/mol. The van der Waals surface area contributed by atoms with Crippen LogP contribution in [0.25, 0.3) is 0 Å². The zero-order chi connectivity index (χ0) is 12.3. The van der Waals surface area contributed by atoms with Crippen LogP contribution in [0.4, 0.5) is 0 Å². The van der Waals surface area contributed by atoms with Crippen LogP contribution in [-0.4, -0.2) is 18.6 Å². The molecule has 1 N–H and O–H groups in total. The highest BCUT2D eigenvalue weighted by Crippen LogP contribution is 2.15. The van der Waals surface area contributed by atoms with Crippen LogP contribution in [0.1, 0.15) is 44.2 Å². The summed E-state index contributed by atoms with van der Waals surface area (Å²) in [4.78, 5) is 0. The van der Waals surface area contributed by atoms with E-state index in [1.54, 1.807) is 0 Å². The number of benzene rings is 1. The highest BCUT2D eigenvalue weighted by atomic mass is 32.2. The van der Waals surface area contributed by atoms with Crippen LogP contribution in [0.15, 0.2) is 30.3 Å². The molecule has 0 saturated heterocycles. The molecule has 1 nitrogen and oxygen atoms in total. The molecule has 96 valence electrons. The first-order chi connectivity index (χ1) is 8.38. The van der Waals surface area contributed by atoms with Crippen molar-refractivity contribution < 1.29 is 0 Å². The molecule has 0 aliphatic carbocycles. The van der Waals surface area contributed by atoms with Gasteiger partial charge in [-0.25, -0.2) is 0 Å². The number of hydrogen-bond donors (Lipinski definition) is 1. The molecule has 0 bridgehead atoms. The average Bonchev–Trinajstić information content (AvgIpc) is 2.39. The Labute approximate surface area is 110 Å². The molecular weight excluding hydrogens is 226 g/mol. The average molecular weight is 251 g/mol. The van der Waals surface area contributed by atoms with Gasteiger partial charge in [0.25, 0.3) is 0 Å². The largest absolute Gasteiger partial charge is 0.310 e. The summed E-state index contributed by atoms with van der Waals surface area (Å²) < 4.78 is 0. The number of unbranched alkanes of at least 4 members (excludes halogenated alkanes) is 2. The van der Waals surface area contributed by atoms with Crippen LogP contribution in [0, 0.1) is 0 Å². The Bertz CT molecular complexity index is 274. The van der Waals surface area contributed by atoms with Gasteiger partial charge in [-0.3, -0.25) is 0 Å². The van der Waals surface area contributed by atoms with Crippen molar-refractivity contribution in [1.82, 2.24) is 5.32 Å². The molecule has 17 heavy (non-hydrogen) atoms. The Morgan fingerprint density at radius 1 is 1.12 bits per heavy atom. The van der Waals surface area contributed by atoms with Crippen molar-refractivity contribution in [2.75, 3.05) is 18.6 Å². The lowest BCUT2D eigenvalue weighted by atomic mass is 10.0. The van der Waals surface area contributed by atoms with Crippen molar-refractivity contribution in [2.24, 2.45) is 0 Å². The fraction of sp³-hybridized carbons (Fsp3) is 0.600. The molecule has 0 amide bonds. The Morgan fingerprint density at radius 2 is 1.88 bits per heavy atom. The van der Waals surface area contributed by atoms with Crippen LogP contribution < -0.4 is 5.32 Å². The molecule has 0 fully saturated rings. The minimum atomic E-state index is 0.525. The number of hydrogen-bond acceptors (Lipinski definition) is 2. The molecule has 2 heteroatoms. The molecule has 0 spiro atoms. The third-order valence-corrected chi connectivity index (χ3v) is 3.72. The first-order valence-corrected chi connectivity index (χ1v) is 8.05. The van der Waals surface area contributed by atoms with E-state index in [4.69, 9.17) is 0 Å². The maximum absolute atomic E-state index is 3.66. The molecule has 1 atom stereocenters. The van der Waals surface area contributed by atoms with Crippen LogP contribution in [-0.2, 0) is 0 Å². The maximum Gasteiger partial charge on any atom is 0.0317 e. The van der Waals surface area contributed by atoms with Crippen molar-refractivity contribution in [2.45, 2.75) is 38.6 Å². The van der Waals surface area contributed by atoms with Gasteiger partial charge in [0, 0.05) is 6.04 Å². The zero-order valence-corrected chi connectivity index (χ0v) is 11.9. The van der Waals surface area contributed by atoms with Gasteiger partial charge < -0.3 is 5.32 Å². The Balaban J connectivity index is 2.20. The van der Waals surface area contributed by atoms with E-state index in [0.717, 1.165) is 13.0 Å². The van der Waals surface area contributed by atoms with Crippen LogP contribution in [0.2, 0.25) is 0 Å². The molecular formula is C15H25NS. The second kappa shape index (κ2) is 9.55. The summed E-state index contributed by atoms with van der Waals surface area (Å²) in [6.45, 7) is 3.39. The van der Waals surface area contributed by atoms with E-state index in [2.05, 4.69) is 48.8 Å². The van der Waals surface area contributed by atoms with E-state index in [9.17, 15) is 0 Å². The minimum Gasteiger partial charge on any atom is -0.310 e. The predicted octanol–water partition coefficient (Wildman–Crippen LogP) is 4.26. The second-order valence-electron chi connectivity index (χ2n) is 4.38. The molecule has 1 aromatic rings. The molecule has 0 aliphatic rings. The van der Waals surface area contributed by atoms with Gasteiger partial charge in [-0.2, -0.15) is 11.8 Å². The molecule has 0 aliphatic heterocycles. The summed E-state index contributed by atoms with van der Waals surface area (Å²) in [6.07, 6.45) is 7.34. The summed E-state index contributed by atoms with van der Waals surface area (Å²) in [5.41, 5.74) is 1.42. The summed E-state index contributed by atoms with van der Waals surface area (Å²) in [6, 6.07) is 11.3. The van der Waals surface area contributed by atoms with Gasteiger partial charge in [-0.15, -0.1) is 0 Å². The molecule has 1 aromatic carbocycles. The van der Waals surface area contributed by atoms with Gasteiger partial charge in [0.15, 0.2) is 0 Å². The van der Waals surface area contributed by atoms with E-state index in [0.29, 0.717) is 6.04 Å². The SMILES string of the molecule is CCC(NCCCCCSC)c1ccccc1. The number of thioether (sulfide) groups is 1. The number of nitrogens with one attached hydrogen (secondary N) is 1. The number of rotatable bonds is 9. The van der Waals surface area contributed by atoms with Crippen LogP contribution >= 0.6 is 11.8 Å². The summed E-state index contributed by atoms with van der Waals surface area (Å²) >= 11 is 1.95. The van der Waals surface area contributed by atoms with E-state index in [1.807, 2.05) is 11.8 Å². The first kappa shape index (κ1) is 14.6. The van der Waals surface area contributed by atoms with Crippen molar-refractivity contribution in [3.05, 3.63) is 35.9 Å². The Hall–Kier alpha value is -0.470. The fourth-order valence-electron chi connectivity index (χ4n) is 2.01. The normalized spacial score (nSPS) is 12.6. The van der Waals surface area contributed by atoms with Gasteiger partial charge >= 0.3 is 0 Å². The predicted molar refractivity (Wildman–Crippen MR) is 79.7 cm³/mol. The van der Waals surface area contributed by atoms with Gasteiger partial charge in [0.2, 0.25) is 0 Å². The zero-order valence-electron chi connectivity index (χ0n) is 11.1. The van der Waals surface area contributed by atoms with Crippen molar-refractivity contribution in [3.8, 4) is 0 Å². The topological polar surface area (TPSA) is 12.0 Å². The lowest BCUT2D eigenvalue weighted by Crippen LogP contribution is -2.21. The van der Waals surface area contributed by atoms with Gasteiger partial charge in [-0.1, -0.05) is 43.7 Å². The molecule has 0 heterocycles. The quantitative estimate of drug-likeness (QED) is 0.658. The van der Waals surface area contributed by atoms with Crippen molar-refractivity contribution >= 4 is 11.8 Å². The van der Waals surface area contributed by atoms with E-state index in [-0.39, 0.29) is 0 Å². The van der Waals surface area contributed by atoms with Crippen molar-refractivity contribution in [3.63, 3.8) is 0 Å². The lowest BCUT2D eigenvalue weighted by Gasteiger charge is -2.17. The molecule has 0 aromatic heterocycles. The second-order valence-corrected chi connectivity index (χ2v) is 5.36. The Morgan fingerprint density at radius 3 is 2.53 bits per heavy atom. The van der Waals surface area contributed by atoms with Crippen molar-refractivity contribution in [1.29, 1.82) is 0 Å². The van der Waals surface area contributed by atoms with Gasteiger partial charge in [-0.05, 0) is 43.4 Å². The highest BCUT2D eigenvalue weighted by molar-refractivity contribution is 7.98. The third-order valence-electron chi connectivity index (χ3n) is 3.03. The van der Waals surface area contributed by atoms with Gasteiger partial charge in [0.05, 0.1) is 0 Å². The maximum atomic E-state index is 3.66. The summed E-state index contributed by atoms with van der Waals surface area (Å²) in [5, 5.41) is 3.66. The highest BCUT2D eigenvalue weighted by Gasteiger charge is 2.06. The smallest absolute Gasteiger partial charge is 0.0317 e. The van der Waals surface area contributed by atoms with Crippen LogP contribution in [0.3, 0.4) is 0 Å². The first-order valence-electron chi connectivity index (χ1n) is 6.65. The third kappa shape index (κ3) is 6.13. The standard InChI is InChI=1S/C15H25NS/c1-3-15(14-10-6-4-7-11-14)16-12-8-5-9-13-17-2/h4,6-7,10-11,15-16H,3,5,8-9,12-13H2,1-2H3. The summed E-state index contributed by atoms with van der Waals surface area (Å²) in [5.74, 6) is 1.30. The van der Waals surface area contributed by atoms with Gasteiger partial charge in [0.1, 0.15) is 0 Å². The molecule has 1 rings (SSSR count). The van der Waals surface area contributed by atoms with Crippen LogP contribution in [0.5, 0.6) is 0 Å². The minimum absolute atomic E-state index is 0.525. The summed E-state index contributed by atoms with van der Waals surface area (Å²) in [7, 11) is 0. The fourth-order valence-corrected chi connectivity index (χ4v) is 2.50. The Kier molecular flexibility index (Phi) is 8.20. The van der Waals surface area contributed by atoms with E-state index in [1.165, 1.54) is 30.6 Å².